The maximum atomic E-state index is 5.68. The van der Waals surface area contributed by atoms with E-state index in [1.165, 1.54) is 6.42 Å². The zero-order valence-corrected chi connectivity index (χ0v) is 18.5. The molecule has 0 aromatic rings. The highest BCUT2D eigenvalue weighted by Gasteiger charge is 2.30. The van der Waals surface area contributed by atoms with Gasteiger partial charge in [0.1, 0.15) is 0 Å². The van der Waals surface area contributed by atoms with Crippen molar-refractivity contribution >= 4 is 29.9 Å². The molecule has 0 radical (unpaired) electrons. The lowest BCUT2D eigenvalue weighted by molar-refractivity contribution is 0.0195. The first-order chi connectivity index (χ1) is 11.7. The van der Waals surface area contributed by atoms with Crippen molar-refractivity contribution in [3.05, 3.63) is 0 Å². The highest BCUT2D eigenvalue weighted by Crippen LogP contribution is 2.17. The minimum atomic E-state index is 0. The number of hydrogen-bond donors (Lipinski definition) is 1. The largest absolute Gasteiger partial charge is 0.380 e. The molecule has 148 valence electrons. The number of morpholine rings is 1. The molecular weight excluding hydrogens is 431 g/mol. The smallest absolute Gasteiger partial charge is 0.194 e. The molecule has 2 heterocycles. The predicted molar refractivity (Wildman–Crippen MR) is 114 cm³/mol. The zero-order chi connectivity index (χ0) is 17.2. The molecule has 2 aliphatic rings. The second-order valence-electron chi connectivity index (χ2n) is 7.07. The summed E-state index contributed by atoms with van der Waals surface area (Å²) in [5, 5.41) is 3.43. The van der Waals surface area contributed by atoms with Crippen molar-refractivity contribution in [2.24, 2.45) is 10.9 Å². The molecular formula is C18H37IN4O2. The molecule has 0 saturated carbocycles. The van der Waals surface area contributed by atoms with E-state index in [2.05, 4.69) is 35.9 Å². The summed E-state index contributed by atoms with van der Waals surface area (Å²) >= 11 is 0. The topological polar surface area (TPSA) is 49.3 Å². The van der Waals surface area contributed by atoms with Crippen LogP contribution in [0.5, 0.6) is 0 Å². The van der Waals surface area contributed by atoms with Gasteiger partial charge in [0.15, 0.2) is 5.96 Å². The molecule has 25 heavy (non-hydrogen) atoms. The van der Waals surface area contributed by atoms with Gasteiger partial charge in [0, 0.05) is 45.4 Å². The fourth-order valence-corrected chi connectivity index (χ4v) is 3.24. The molecule has 6 nitrogen and oxygen atoms in total. The SMILES string of the molecule is CCNC(=NCCOCCC(C)C)N1CCC(N2CCOCC2)C1.I. The quantitative estimate of drug-likeness (QED) is 0.256. The van der Waals surface area contributed by atoms with E-state index in [0.717, 1.165) is 71.5 Å². The van der Waals surface area contributed by atoms with Crippen molar-refractivity contribution in [1.29, 1.82) is 0 Å². The van der Waals surface area contributed by atoms with Gasteiger partial charge in [-0.3, -0.25) is 9.89 Å². The normalized spacial score (nSPS) is 22.3. The van der Waals surface area contributed by atoms with E-state index >= 15 is 0 Å². The maximum Gasteiger partial charge on any atom is 0.194 e. The van der Waals surface area contributed by atoms with Gasteiger partial charge in [-0.15, -0.1) is 24.0 Å². The van der Waals surface area contributed by atoms with E-state index < -0.39 is 0 Å². The Morgan fingerprint density at radius 2 is 2.00 bits per heavy atom. The Kier molecular flexibility index (Phi) is 12.0. The summed E-state index contributed by atoms with van der Waals surface area (Å²) in [5.74, 6) is 1.74. The molecule has 2 rings (SSSR count). The summed E-state index contributed by atoms with van der Waals surface area (Å²) in [6.45, 7) is 15.8. The third-order valence-corrected chi connectivity index (χ3v) is 4.70. The Labute approximate surface area is 170 Å². The van der Waals surface area contributed by atoms with Crippen LogP contribution in [0.3, 0.4) is 0 Å². The maximum absolute atomic E-state index is 5.68. The molecule has 0 aliphatic carbocycles. The average Bonchev–Trinajstić information content (AvgIpc) is 3.07. The van der Waals surface area contributed by atoms with Gasteiger partial charge >= 0.3 is 0 Å². The van der Waals surface area contributed by atoms with Crippen LogP contribution in [0, 0.1) is 5.92 Å². The fourth-order valence-electron chi connectivity index (χ4n) is 3.24. The van der Waals surface area contributed by atoms with Gasteiger partial charge in [0.25, 0.3) is 0 Å². The van der Waals surface area contributed by atoms with Gasteiger partial charge in [-0.05, 0) is 25.7 Å². The van der Waals surface area contributed by atoms with Crippen molar-refractivity contribution in [2.45, 2.75) is 39.7 Å². The van der Waals surface area contributed by atoms with Crippen molar-refractivity contribution in [3.8, 4) is 0 Å². The summed E-state index contributed by atoms with van der Waals surface area (Å²) in [6.07, 6.45) is 2.34. The number of hydrogen-bond acceptors (Lipinski definition) is 4. The lowest BCUT2D eigenvalue weighted by Gasteiger charge is -2.32. The van der Waals surface area contributed by atoms with Gasteiger partial charge in [0.05, 0.1) is 26.4 Å². The molecule has 7 heteroatoms. The van der Waals surface area contributed by atoms with Gasteiger partial charge < -0.3 is 19.7 Å². The first-order valence-electron chi connectivity index (χ1n) is 9.63. The van der Waals surface area contributed by atoms with Crippen LogP contribution in [0.15, 0.2) is 4.99 Å². The number of nitrogens with one attached hydrogen (secondary N) is 1. The molecule has 0 bridgehead atoms. The van der Waals surface area contributed by atoms with E-state index in [1.54, 1.807) is 0 Å². The van der Waals surface area contributed by atoms with Crippen LogP contribution >= 0.6 is 24.0 Å². The number of ether oxygens (including phenoxy) is 2. The first-order valence-corrected chi connectivity index (χ1v) is 9.63. The second-order valence-corrected chi connectivity index (χ2v) is 7.07. The Balaban J connectivity index is 0.00000312. The number of guanidine groups is 1. The molecule has 2 saturated heterocycles. The van der Waals surface area contributed by atoms with E-state index in [1.807, 2.05) is 0 Å². The van der Waals surface area contributed by atoms with Crippen LogP contribution in [0.1, 0.15) is 33.6 Å². The van der Waals surface area contributed by atoms with Crippen LogP contribution in [0.25, 0.3) is 0 Å². The monoisotopic (exact) mass is 468 g/mol. The summed E-state index contributed by atoms with van der Waals surface area (Å²) in [7, 11) is 0. The van der Waals surface area contributed by atoms with Crippen molar-refractivity contribution in [3.63, 3.8) is 0 Å². The number of rotatable bonds is 8. The lowest BCUT2D eigenvalue weighted by Crippen LogP contribution is -2.46. The molecule has 0 aromatic carbocycles. The van der Waals surface area contributed by atoms with Crippen LogP contribution in [-0.4, -0.2) is 87.5 Å². The average molecular weight is 468 g/mol. The molecule has 1 N–H and O–H groups in total. The summed E-state index contributed by atoms with van der Waals surface area (Å²) in [6, 6.07) is 0.639. The molecule has 0 amide bonds. The Morgan fingerprint density at radius 1 is 1.24 bits per heavy atom. The molecule has 0 spiro atoms. The van der Waals surface area contributed by atoms with Crippen molar-refractivity contribution in [2.75, 3.05) is 65.7 Å². The number of nitrogens with zero attached hydrogens (tertiary/aromatic N) is 3. The second kappa shape index (κ2) is 13.1. The minimum absolute atomic E-state index is 0. The van der Waals surface area contributed by atoms with Crippen molar-refractivity contribution in [1.82, 2.24) is 15.1 Å². The minimum Gasteiger partial charge on any atom is -0.380 e. The summed E-state index contributed by atoms with van der Waals surface area (Å²) in [4.78, 5) is 9.73. The van der Waals surface area contributed by atoms with Crippen LogP contribution in [-0.2, 0) is 9.47 Å². The van der Waals surface area contributed by atoms with E-state index in [-0.39, 0.29) is 24.0 Å². The molecule has 1 atom stereocenters. The summed E-state index contributed by atoms with van der Waals surface area (Å²) < 4.78 is 11.1. The Hall–Kier alpha value is -0.120. The number of halogens is 1. The van der Waals surface area contributed by atoms with E-state index in [9.17, 15) is 0 Å². The van der Waals surface area contributed by atoms with Gasteiger partial charge in [0.2, 0.25) is 0 Å². The Morgan fingerprint density at radius 3 is 2.68 bits per heavy atom. The standard InChI is InChI=1S/C18H36N4O2.HI/c1-4-19-18(20-7-12-23-11-6-16(2)3)22-8-5-17(15-22)21-9-13-24-14-10-21;/h16-17H,4-15H2,1-3H3,(H,19,20);1H. The van der Waals surface area contributed by atoms with Crippen LogP contribution in [0.4, 0.5) is 0 Å². The van der Waals surface area contributed by atoms with Crippen molar-refractivity contribution < 1.29 is 9.47 Å². The first kappa shape index (κ1) is 22.9. The molecule has 2 aliphatic heterocycles. The van der Waals surface area contributed by atoms with Crippen LogP contribution in [0.2, 0.25) is 0 Å². The number of aliphatic imine (C=N–C) groups is 1. The lowest BCUT2D eigenvalue weighted by atomic mass is 10.1. The molecule has 1 unspecified atom stereocenters. The number of likely N-dealkylation sites (tertiary alicyclic amines) is 1. The van der Waals surface area contributed by atoms with Crippen LogP contribution < -0.4 is 5.32 Å². The molecule has 2 fully saturated rings. The van der Waals surface area contributed by atoms with E-state index in [0.29, 0.717) is 18.6 Å². The third kappa shape index (κ3) is 8.41. The molecule has 0 aromatic heterocycles. The van der Waals surface area contributed by atoms with E-state index in [4.69, 9.17) is 14.5 Å². The highest BCUT2D eigenvalue weighted by atomic mass is 127. The zero-order valence-electron chi connectivity index (χ0n) is 16.2. The predicted octanol–water partition coefficient (Wildman–Crippen LogP) is 2.04. The van der Waals surface area contributed by atoms with Gasteiger partial charge in [-0.25, -0.2) is 0 Å². The highest BCUT2D eigenvalue weighted by molar-refractivity contribution is 14.0. The fraction of sp³-hybridized carbons (Fsp3) is 0.944. The summed E-state index contributed by atoms with van der Waals surface area (Å²) in [5.41, 5.74) is 0. The Bertz CT molecular complexity index is 376. The third-order valence-electron chi connectivity index (χ3n) is 4.70. The van der Waals surface area contributed by atoms with Gasteiger partial charge in [-0.2, -0.15) is 0 Å². The van der Waals surface area contributed by atoms with Gasteiger partial charge in [-0.1, -0.05) is 13.8 Å².